The molecule has 0 amide bonds. The van der Waals surface area contributed by atoms with Gasteiger partial charge in [-0.25, -0.2) is 12.8 Å². The lowest BCUT2D eigenvalue weighted by Gasteiger charge is -2.34. The lowest BCUT2D eigenvalue weighted by atomic mass is 10.0. The minimum atomic E-state index is -3.63. The van der Waals surface area contributed by atoms with E-state index < -0.39 is 15.8 Å². The second-order valence-corrected chi connectivity index (χ2v) is 11.5. The van der Waals surface area contributed by atoms with Crippen LogP contribution in [0.2, 0.25) is 5.02 Å². The molecule has 1 N–H and O–H groups in total. The Morgan fingerprint density at radius 3 is 2.32 bits per heavy atom. The van der Waals surface area contributed by atoms with Crippen molar-refractivity contribution in [3.05, 3.63) is 64.4 Å². The van der Waals surface area contributed by atoms with E-state index in [-0.39, 0.29) is 40.7 Å². The van der Waals surface area contributed by atoms with Gasteiger partial charge < -0.3 is 10.0 Å². The molecule has 34 heavy (non-hydrogen) atoms. The molecule has 2 aromatic rings. The number of nitrogens with zero attached hydrogens (tertiary/aromatic N) is 2. The van der Waals surface area contributed by atoms with Crippen LogP contribution in [0.4, 0.5) is 4.39 Å². The fourth-order valence-electron chi connectivity index (χ4n) is 4.79. The molecule has 6 nitrogen and oxygen atoms in total. The molecular weight excluding hydrogens is 479 g/mol. The zero-order valence-electron chi connectivity index (χ0n) is 19.0. The van der Waals surface area contributed by atoms with Crippen molar-refractivity contribution in [1.29, 1.82) is 0 Å². The van der Waals surface area contributed by atoms with Crippen LogP contribution in [-0.2, 0) is 27.7 Å². The summed E-state index contributed by atoms with van der Waals surface area (Å²) in [6, 6.07) is 10.7. The van der Waals surface area contributed by atoms with Gasteiger partial charge in [-0.05, 0) is 61.1 Å². The first-order valence-corrected chi connectivity index (χ1v) is 13.5. The number of benzene rings is 2. The van der Waals surface area contributed by atoms with Gasteiger partial charge in [0.2, 0.25) is 10.0 Å². The van der Waals surface area contributed by atoms with Crippen LogP contribution < -0.4 is 0 Å². The minimum absolute atomic E-state index is 0.0158. The smallest absolute Gasteiger partial charge is 0.243 e. The number of carbonyl (C=O) groups excluding carboxylic acids is 1. The maximum absolute atomic E-state index is 13.3. The van der Waals surface area contributed by atoms with Crippen LogP contribution >= 0.6 is 11.6 Å². The molecule has 1 atom stereocenters. The number of piperidine rings is 1. The maximum Gasteiger partial charge on any atom is 0.243 e. The lowest BCUT2D eigenvalue weighted by molar-refractivity contribution is -0.117. The average Bonchev–Trinajstić information content (AvgIpc) is 3.27. The fraction of sp³-hybridized carbons (Fsp3) is 0.480. The second-order valence-electron chi connectivity index (χ2n) is 9.23. The molecule has 0 radical (unpaired) electrons. The molecular formula is C25H30ClFN2O4S. The van der Waals surface area contributed by atoms with E-state index in [1.54, 1.807) is 28.6 Å². The van der Waals surface area contributed by atoms with Crippen LogP contribution in [-0.4, -0.2) is 66.8 Å². The van der Waals surface area contributed by atoms with Crippen molar-refractivity contribution in [2.75, 3.05) is 26.2 Å². The summed E-state index contributed by atoms with van der Waals surface area (Å²) in [5.41, 5.74) is 1.36. The Bertz CT molecular complexity index is 1120. The zero-order chi connectivity index (χ0) is 24.3. The maximum atomic E-state index is 13.3. The number of likely N-dealkylation sites (tertiary alicyclic amines) is 1. The van der Waals surface area contributed by atoms with Gasteiger partial charge in [0.05, 0.1) is 16.0 Å². The molecule has 0 aliphatic carbocycles. The van der Waals surface area contributed by atoms with Gasteiger partial charge in [-0.1, -0.05) is 29.8 Å². The van der Waals surface area contributed by atoms with E-state index in [0.29, 0.717) is 18.7 Å². The van der Waals surface area contributed by atoms with Crippen LogP contribution in [0.25, 0.3) is 0 Å². The van der Waals surface area contributed by atoms with Crippen LogP contribution in [0, 0.1) is 5.82 Å². The van der Waals surface area contributed by atoms with E-state index in [1.165, 1.54) is 18.2 Å². The summed E-state index contributed by atoms with van der Waals surface area (Å²) in [4.78, 5) is 14.9. The topological polar surface area (TPSA) is 77.9 Å². The van der Waals surface area contributed by atoms with Gasteiger partial charge >= 0.3 is 0 Å². The largest absolute Gasteiger partial charge is 0.393 e. The third-order valence-corrected chi connectivity index (χ3v) is 8.92. The Hall–Kier alpha value is -1.84. The van der Waals surface area contributed by atoms with Crippen LogP contribution in [0.1, 0.15) is 36.8 Å². The van der Waals surface area contributed by atoms with E-state index in [4.69, 9.17) is 11.6 Å². The number of hydrogen-bond donors (Lipinski definition) is 1. The highest BCUT2D eigenvalue weighted by atomic mass is 35.5. The summed E-state index contributed by atoms with van der Waals surface area (Å²) in [6.45, 7) is 2.77. The van der Waals surface area contributed by atoms with Crippen molar-refractivity contribution < 1.29 is 22.7 Å². The molecule has 0 saturated carbocycles. The molecule has 2 saturated heterocycles. The zero-order valence-corrected chi connectivity index (χ0v) is 20.6. The number of carbonyl (C=O) groups is 1. The molecule has 0 spiro atoms. The van der Waals surface area contributed by atoms with E-state index >= 15 is 0 Å². The summed E-state index contributed by atoms with van der Waals surface area (Å²) in [7, 11) is -3.63. The first-order valence-electron chi connectivity index (χ1n) is 11.7. The number of rotatable bonds is 8. The standard InChI is InChI=1S/C25H30ClFN2O4S/c26-24-16-19(5-8-25(24)27)15-22(31)14-18-3-6-23(7-4-18)34(32,33)29-11-1-2-20(29)17-28-12-9-21(30)10-13-28/h3-8,16,20-21,30H,1-2,9-15,17H2/t20-/m0/s1. The number of ketones is 1. The Labute approximate surface area is 205 Å². The van der Waals surface area contributed by atoms with Gasteiger partial charge in [-0.2, -0.15) is 4.31 Å². The molecule has 2 fully saturated rings. The molecule has 0 unspecified atom stereocenters. The van der Waals surface area contributed by atoms with E-state index in [2.05, 4.69) is 4.90 Å². The number of aliphatic hydroxyl groups is 1. The van der Waals surface area contributed by atoms with Crippen molar-refractivity contribution >= 4 is 27.4 Å². The lowest BCUT2D eigenvalue weighted by Crippen LogP contribution is -2.46. The summed E-state index contributed by atoms with van der Waals surface area (Å²) < 4.78 is 41.6. The van der Waals surface area contributed by atoms with E-state index in [9.17, 15) is 22.7 Å². The first-order chi connectivity index (χ1) is 16.2. The predicted molar refractivity (Wildman–Crippen MR) is 129 cm³/mol. The van der Waals surface area contributed by atoms with Gasteiger partial charge in [0.1, 0.15) is 11.6 Å². The highest BCUT2D eigenvalue weighted by Crippen LogP contribution is 2.28. The monoisotopic (exact) mass is 508 g/mol. The molecule has 9 heteroatoms. The predicted octanol–water partition coefficient (Wildman–Crippen LogP) is 3.44. The quantitative estimate of drug-likeness (QED) is 0.591. The van der Waals surface area contributed by atoms with Crippen molar-refractivity contribution in [2.24, 2.45) is 0 Å². The highest BCUT2D eigenvalue weighted by molar-refractivity contribution is 7.89. The molecule has 0 bridgehead atoms. The number of Topliss-reactive ketones (excluding diaryl/α,β-unsaturated/α-hetero) is 1. The fourth-order valence-corrected chi connectivity index (χ4v) is 6.68. The second kappa shape index (κ2) is 10.8. The van der Waals surface area contributed by atoms with Crippen molar-refractivity contribution in [1.82, 2.24) is 9.21 Å². The summed E-state index contributed by atoms with van der Waals surface area (Å²) in [5.74, 6) is -0.589. The first kappa shape index (κ1) is 25.3. The normalized spacial score (nSPS) is 20.6. The van der Waals surface area contributed by atoms with Gasteiger partial charge in [0, 0.05) is 45.1 Å². The van der Waals surface area contributed by atoms with Crippen LogP contribution in [0.3, 0.4) is 0 Å². The molecule has 2 aliphatic rings. The average molecular weight is 509 g/mol. The van der Waals surface area contributed by atoms with Crippen LogP contribution in [0.15, 0.2) is 47.4 Å². The highest BCUT2D eigenvalue weighted by Gasteiger charge is 2.36. The van der Waals surface area contributed by atoms with Gasteiger partial charge in [0.25, 0.3) is 0 Å². The van der Waals surface area contributed by atoms with E-state index in [1.807, 2.05) is 0 Å². The number of hydrogen-bond acceptors (Lipinski definition) is 5. The molecule has 2 aromatic carbocycles. The van der Waals surface area contributed by atoms with Crippen molar-refractivity contribution in [2.45, 2.75) is 55.6 Å². The van der Waals surface area contributed by atoms with Gasteiger partial charge in [-0.15, -0.1) is 0 Å². The minimum Gasteiger partial charge on any atom is -0.393 e. The number of aliphatic hydroxyl groups excluding tert-OH is 1. The Kier molecular flexibility index (Phi) is 8.05. The summed E-state index contributed by atoms with van der Waals surface area (Å²) >= 11 is 5.78. The number of halogens is 2. The van der Waals surface area contributed by atoms with E-state index in [0.717, 1.165) is 44.3 Å². The van der Waals surface area contributed by atoms with Gasteiger partial charge in [-0.3, -0.25) is 4.79 Å². The molecule has 2 heterocycles. The third kappa shape index (κ3) is 6.04. The van der Waals surface area contributed by atoms with Gasteiger partial charge in [0.15, 0.2) is 0 Å². The van der Waals surface area contributed by atoms with Crippen LogP contribution in [0.5, 0.6) is 0 Å². The summed E-state index contributed by atoms with van der Waals surface area (Å²) in [5, 5.41) is 9.70. The third-order valence-electron chi connectivity index (χ3n) is 6.67. The number of sulfonamides is 1. The Morgan fingerprint density at radius 1 is 1.00 bits per heavy atom. The SMILES string of the molecule is O=C(Cc1ccc(S(=O)(=O)N2CCC[C@H]2CN2CCC(O)CC2)cc1)Cc1ccc(F)c(Cl)c1. The van der Waals surface area contributed by atoms with Crippen molar-refractivity contribution in [3.8, 4) is 0 Å². The molecule has 184 valence electrons. The molecule has 0 aromatic heterocycles. The summed E-state index contributed by atoms with van der Waals surface area (Å²) in [6.07, 6.45) is 3.16. The Balaban J connectivity index is 1.37. The van der Waals surface area contributed by atoms with Crippen molar-refractivity contribution in [3.63, 3.8) is 0 Å². The Morgan fingerprint density at radius 2 is 1.65 bits per heavy atom. The molecule has 2 aliphatic heterocycles. The molecule has 4 rings (SSSR count).